The number of H-pyrrole nitrogens is 1. The Hall–Kier alpha value is -2.40. The van der Waals surface area contributed by atoms with Gasteiger partial charge in [0.25, 0.3) is 11.7 Å². The van der Waals surface area contributed by atoms with Gasteiger partial charge in [-0.05, 0) is 36.1 Å². The summed E-state index contributed by atoms with van der Waals surface area (Å²) in [5.41, 5.74) is 2.21. The van der Waals surface area contributed by atoms with Crippen molar-refractivity contribution in [3.63, 3.8) is 0 Å². The van der Waals surface area contributed by atoms with Crippen LogP contribution in [0.3, 0.4) is 0 Å². The van der Waals surface area contributed by atoms with Gasteiger partial charge in [0.2, 0.25) is 0 Å². The van der Waals surface area contributed by atoms with Gasteiger partial charge in [-0.3, -0.25) is 9.69 Å². The van der Waals surface area contributed by atoms with E-state index in [4.69, 9.17) is 0 Å². The topological polar surface area (TPSA) is 50.9 Å². The van der Waals surface area contributed by atoms with Crippen molar-refractivity contribution in [3.05, 3.63) is 54.2 Å². The normalized spacial score (nSPS) is 16.3. The number of benzene rings is 1. The molecule has 1 aliphatic rings. The van der Waals surface area contributed by atoms with Crippen LogP contribution in [0.4, 0.5) is 11.5 Å². The van der Waals surface area contributed by atoms with Crippen molar-refractivity contribution in [2.24, 2.45) is 0 Å². The van der Waals surface area contributed by atoms with Crippen LogP contribution in [0.15, 0.2) is 48.7 Å². The smallest absolute Gasteiger partial charge is 0.279 e. The maximum Gasteiger partial charge on any atom is 0.279 e. The van der Waals surface area contributed by atoms with E-state index in [0.29, 0.717) is 12.5 Å². The molecule has 1 fully saturated rings. The molecule has 1 aliphatic heterocycles. The van der Waals surface area contributed by atoms with E-state index in [1.54, 1.807) is 0 Å². The number of anilines is 2. The number of aromatic nitrogens is 1. The highest BCUT2D eigenvalue weighted by molar-refractivity contribution is 5.91. The third-order valence-corrected chi connectivity index (χ3v) is 5.29. The number of piperazine rings is 1. The maximum absolute atomic E-state index is 12.4. The van der Waals surface area contributed by atoms with Gasteiger partial charge in [0.15, 0.2) is 6.54 Å². The number of quaternary nitrogens is 1. The molecular formula is C21H30N4O+2. The quantitative estimate of drug-likeness (QED) is 0.823. The molecule has 2 heterocycles. The average Bonchev–Trinajstić information content (AvgIpc) is 2.69. The Bertz CT molecular complexity index is 694. The van der Waals surface area contributed by atoms with Gasteiger partial charge in [-0.2, -0.15) is 0 Å². The van der Waals surface area contributed by atoms with Gasteiger partial charge in [-0.1, -0.05) is 32.0 Å². The minimum Gasteiger partial charge on any atom is -0.321 e. The number of carbonyl (C=O) groups excluding carboxylic acids is 1. The third-order valence-electron chi connectivity index (χ3n) is 5.29. The Morgan fingerprint density at radius 1 is 1.19 bits per heavy atom. The van der Waals surface area contributed by atoms with E-state index in [1.807, 2.05) is 30.5 Å². The van der Waals surface area contributed by atoms with E-state index >= 15 is 0 Å². The molecule has 1 amide bonds. The van der Waals surface area contributed by atoms with Crippen molar-refractivity contribution < 1.29 is 14.7 Å². The van der Waals surface area contributed by atoms with Crippen LogP contribution >= 0.6 is 0 Å². The number of nitrogens with one attached hydrogen (secondary N) is 3. The van der Waals surface area contributed by atoms with Gasteiger partial charge in [0.05, 0.1) is 6.20 Å². The molecule has 0 radical (unpaired) electrons. The zero-order valence-corrected chi connectivity index (χ0v) is 15.8. The Morgan fingerprint density at radius 2 is 1.92 bits per heavy atom. The standard InChI is InChI=1S/C21H28N4O/c1-3-17(2)18-7-9-19(10-8-18)23-21(26)16-24-12-14-25(15-13-24)20-6-4-5-11-22-20/h4-11,17H,3,12-16H2,1-2H3,(H,23,26)/p+2/t17-/m0/s1. The molecule has 0 saturated carbocycles. The minimum atomic E-state index is 0.0935. The Morgan fingerprint density at radius 3 is 2.54 bits per heavy atom. The zero-order chi connectivity index (χ0) is 18.4. The summed E-state index contributed by atoms with van der Waals surface area (Å²) in [7, 11) is 0. The number of amides is 1. The second-order valence-corrected chi connectivity index (χ2v) is 7.14. The molecule has 0 aliphatic carbocycles. The second kappa shape index (κ2) is 8.81. The minimum absolute atomic E-state index is 0.0935. The van der Waals surface area contributed by atoms with Crippen molar-refractivity contribution in [1.82, 2.24) is 0 Å². The lowest BCUT2D eigenvalue weighted by Gasteiger charge is -2.27. The van der Waals surface area contributed by atoms with Crippen molar-refractivity contribution in [3.8, 4) is 0 Å². The molecule has 0 unspecified atom stereocenters. The summed E-state index contributed by atoms with van der Waals surface area (Å²) in [5.74, 6) is 1.80. The number of hydrogen-bond acceptors (Lipinski definition) is 2. The number of nitrogens with zero attached hydrogens (tertiary/aromatic N) is 1. The average molecular weight is 354 g/mol. The first-order chi connectivity index (χ1) is 12.7. The predicted octanol–water partition coefficient (Wildman–Crippen LogP) is 1.36. The monoisotopic (exact) mass is 354 g/mol. The first kappa shape index (κ1) is 18.4. The highest BCUT2D eigenvalue weighted by Crippen LogP contribution is 2.20. The fourth-order valence-corrected chi connectivity index (χ4v) is 3.38. The van der Waals surface area contributed by atoms with Crippen molar-refractivity contribution in [2.75, 3.05) is 42.9 Å². The van der Waals surface area contributed by atoms with E-state index in [-0.39, 0.29) is 5.91 Å². The first-order valence-electron chi connectivity index (χ1n) is 9.60. The maximum atomic E-state index is 12.4. The molecule has 1 saturated heterocycles. The van der Waals surface area contributed by atoms with Gasteiger partial charge in [-0.25, -0.2) is 4.98 Å². The number of carbonyl (C=O) groups is 1. The van der Waals surface area contributed by atoms with Crippen LogP contribution in [-0.4, -0.2) is 38.6 Å². The van der Waals surface area contributed by atoms with E-state index in [9.17, 15) is 4.79 Å². The van der Waals surface area contributed by atoms with Crippen LogP contribution in [-0.2, 0) is 4.79 Å². The van der Waals surface area contributed by atoms with Crippen molar-refractivity contribution >= 4 is 17.4 Å². The molecule has 5 nitrogen and oxygen atoms in total. The molecule has 1 aromatic heterocycles. The Labute approximate surface area is 156 Å². The van der Waals surface area contributed by atoms with Crippen LogP contribution < -0.4 is 20.1 Å². The number of pyridine rings is 1. The molecule has 3 N–H and O–H groups in total. The highest BCUT2D eigenvalue weighted by Gasteiger charge is 2.27. The van der Waals surface area contributed by atoms with Crippen LogP contribution in [0.2, 0.25) is 0 Å². The predicted molar refractivity (Wildman–Crippen MR) is 105 cm³/mol. The van der Waals surface area contributed by atoms with Crippen LogP contribution in [0.5, 0.6) is 0 Å². The first-order valence-corrected chi connectivity index (χ1v) is 9.60. The van der Waals surface area contributed by atoms with Gasteiger partial charge >= 0.3 is 0 Å². The van der Waals surface area contributed by atoms with Gasteiger partial charge in [0.1, 0.15) is 26.2 Å². The van der Waals surface area contributed by atoms with Crippen LogP contribution in [0.25, 0.3) is 0 Å². The third kappa shape index (κ3) is 4.82. The van der Waals surface area contributed by atoms with Crippen LogP contribution in [0, 0.1) is 0 Å². The number of aromatic amines is 1. The number of rotatable bonds is 6. The highest BCUT2D eigenvalue weighted by atomic mass is 16.2. The lowest BCUT2D eigenvalue weighted by Crippen LogP contribution is -3.15. The Kier molecular flexibility index (Phi) is 6.23. The fourth-order valence-electron chi connectivity index (χ4n) is 3.38. The molecule has 0 spiro atoms. The molecule has 26 heavy (non-hydrogen) atoms. The largest absolute Gasteiger partial charge is 0.321 e. The summed E-state index contributed by atoms with van der Waals surface area (Å²) < 4.78 is 0. The zero-order valence-electron chi connectivity index (χ0n) is 15.8. The molecule has 3 rings (SSSR count). The SMILES string of the molecule is CC[C@H](C)c1ccc(NC(=O)C[NH+]2CCN(c3cccc[nH+]3)CC2)cc1. The molecule has 0 bridgehead atoms. The lowest BCUT2D eigenvalue weighted by molar-refractivity contribution is -0.892. The molecule has 2 aromatic rings. The molecule has 5 heteroatoms. The summed E-state index contributed by atoms with van der Waals surface area (Å²) >= 11 is 0. The van der Waals surface area contributed by atoms with Gasteiger partial charge < -0.3 is 10.2 Å². The van der Waals surface area contributed by atoms with E-state index in [0.717, 1.165) is 44.1 Å². The summed E-state index contributed by atoms with van der Waals surface area (Å²) in [6.45, 7) is 8.83. The van der Waals surface area contributed by atoms with E-state index in [1.165, 1.54) is 10.5 Å². The summed E-state index contributed by atoms with van der Waals surface area (Å²) in [6, 6.07) is 14.4. The lowest BCUT2D eigenvalue weighted by atomic mass is 9.99. The summed E-state index contributed by atoms with van der Waals surface area (Å²) in [5, 5.41) is 3.04. The Balaban J connectivity index is 1.46. The van der Waals surface area contributed by atoms with E-state index in [2.05, 4.69) is 47.2 Å². The van der Waals surface area contributed by atoms with Crippen LogP contribution in [0.1, 0.15) is 31.7 Å². The van der Waals surface area contributed by atoms with Crippen molar-refractivity contribution in [2.45, 2.75) is 26.2 Å². The fraction of sp³-hybridized carbons (Fsp3) is 0.429. The second-order valence-electron chi connectivity index (χ2n) is 7.14. The van der Waals surface area contributed by atoms with Crippen molar-refractivity contribution in [1.29, 1.82) is 0 Å². The van der Waals surface area contributed by atoms with Gasteiger partial charge in [-0.15, -0.1) is 0 Å². The molecule has 1 aromatic carbocycles. The van der Waals surface area contributed by atoms with Gasteiger partial charge in [0, 0.05) is 11.8 Å². The molecule has 1 atom stereocenters. The molecule has 138 valence electrons. The molecular weight excluding hydrogens is 324 g/mol. The summed E-state index contributed by atoms with van der Waals surface area (Å²) in [4.78, 5) is 19.3. The summed E-state index contributed by atoms with van der Waals surface area (Å²) in [6.07, 6.45) is 3.08. The van der Waals surface area contributed by atoms with E-state index < -0.39 is 0 Å². The number of hydrogen-bond donors (Lipinski definition) is 2.